The van der Waals surface area contributed by atoms with E-state index in [2.05, 4.69) is 10.6 Å². The molecule has 5 heteroatoms. The van der Waals surface area contributed by atoms with Gasteiger partial charge in [0.25, 0.3) is 0 Å². The lowest BCUT2D eigenvalue weighted by atomic mass is 9.83. The molecule has 1 heterocycles. The smallest absolute Gasteiger partial charge is 0.338 e. The first-order chi connectivity index (χ1) is 11.0. The summed E-state index contributed by atoms with van der Waals surface area (Å²) in [5, 5.41) is 5.64. The van der Waals surface area contributed by atoms with Gasteiger partial charge in [-0.1, -0.05) is 51.1 Å². The highest BCUT2D eigenvalue weighted by atomic mass is 16.6. The summed E-state index contributed by atoms with van der Waals surface area (Å²) in [5.41, 5.74) is 0.861. The zero-order valence-corrected chi connectivity index (χ0v) is 15.2. The zero-order valence-electron chi connectivity index (χ0n) is 15.2. The summed E-state index contributed by atoms with van der Waals surface area (Å²) in [5.74, 6) is -0.422. The molecule has 130 valence electrons. The Hall–Kier alpha value is -2.30. The van der Waals surface area contributed by atoms with Gasteiger partial charge in [-0.2, -0.15) is 0 Å². The molecule has 0 radical (unpaired) electrons. The van der Waals surface area contributed by atoms with Crippen LogP contribution in [0.3, 0.4) is 0 Å². The summed E-state index contributed by atoms with van der Waals surface area (Å²) in [6.45, 7) is 11.4. The monoisotopic (exact) mass is 330 g/mol. The van der Waals surface area contributed by atoms with Gasteiger partial charge >= 0.3 is 12.0 Å². The minimum absolute atomic E-state index is 0.318. The molecule has 0 saturated heterocycles. The molecule has 1 aromatic carbocycles. The second kappa shape index (κ2) is 6.30. The van der Waals surface area contributed by atoms with Gasteiger partial charge in [-0.15, -0.1) is 0 Å². The lowest BCUT2D eigenvalue weighted by Gasteiger charge is -2.36. The largest absolute Gasteiger partial charge is 0.456 e. The Morgan fingerprint density at radius 1 is 1.04 bits per heavy atom. The van der Waals surface area contributed by atoms with E-state index in [9.17, 15) is 9.59 Å². The van der Waals surface area contributed by atoms with Crippen LogP contribution in [0.1, 0.15) is 53.1 Å². The van der Waals surface area contributed by atoms with Crippen LogP contribution in [0.2, 0.25) is 0 Å². The molecule has 2 rings (SSSR count). The van der Waals surface area contributed by atoms with E-state index in [0.29, 0.717) is 11.3 Å². The fourth-order valence-electron chi connectivity index (χ4n) is 2.60. The van der Waals surface area contributed by atoms with E-state index < -0.39 is 23.0 Å². The van der Waals surface area contributed by atoms with Crippen molar-refractivity contribution in [3.63, 3.8) is 0 Å². The number of benzene rings is 1. The normalized spacial score (nSPS) is 18.8. The molecule has 1 atom stereocenters. The number of rotatable bonds is 2. The molecule has 2 amide bonds. The maximum absolute atomic E-state index is 12.9. The van der Waals surface area contributed by atoms with Crippen molar-refractivity contribution in [2.75, 3.05) is 0 Å². The molecule has 0 aromatic heterocycles. The first kappa shape index (κ1) is 18.0. The van der Waals surface area contributed by atoms with Crippen molar-refractivity contribution in [1.82, 2.24) is 10.6 Å². The van der Waals surface area contributed by atoms with Gasteiger partial charge in [-0.25, -0.2) is 9.59 Å². The number of nitrogens with one attached hydrogen (secondary N) is 2. The molecule has 1 unspecified atom stereocenters. The predicted molar refractivity (Wildman–Crippen MR) is 93.2 cm³/mol. The Labute approximate surface area is 143 Å². The molecule has 0 bridgehead atoms. The third kappa shape index (κ3) is 4.16. The third-order valence-electron chi connectivity index (χ3n) is 3.57. The molecule has 24 heavy (non-hydrogen) atoms. The van der Waals surface area contributed by atoms with Crippen molar-refractivity contribution >= 4 is 12.0 Å². The summed E-state index contributed by atoms with van der Waals surface area (Å²) in [6.07, 6.45) is 0. The van der Waals surface area contributed by atoms with E-state index in [1.54, 1.807) is 0 Å². The summed E-state index contributed by atoms with van der Waals surface area (Å²) in [6, 6.07) is 8.58. The number of carbonyl (C=O) groups is 2. The minimum atomic E-state index is -0.615. The molecule has 0 saturated carbocycles. The Bertz CT molecular complexity index is 664. The maximum atomic E-state index is 12.9. The highest BCUT2D eigenvalue weighted by Gasteiger charge is 2.38. The summed E-state index contributed by atoms with van der Waals surface area (Å²) < 4.78 is 5.60. The quantitative estimate of drug-likeness (QED) is 0.813. The van der Waals surface area contributed by atoms with Crippen LogP contribution in [0.25, 0.3) is 0 Å². The standard InChI is InChI=1S/C19H26N2O3/c1-18(2,3)15-13(16(22)24-19(4,5)6)14(20-17(23)21-15)12-10-8-7-9-11-12/h7-11,14H,1-6H3,(H2,20,21,23). The molecule has 0 fully saturated rings. The van der Waals surface area contributed by atoms with Crippen LogP contribution in [0, 0.1) is 5.41 Å². The van der Waals surface area contributed by atoms with Gasteiger partial charge in [0.05, 0.1) is 11.6 Å². The summed E-state index contributed by atoms with van der Waals surface area (Å²) in [7, 11) is 0. The summed E-state index contributed by atoms with van der Waals surface area (Å²) >= 11 is 0. The molecule has 0 spiro atoms. The van der Waals surface area contributed by atoms with Crippen molar-refractivity contribution in [3.05, 3.63) is 47.2 Å². The van der Waals surface area contributed by atoms with E-state index in [4.69, 9.17) is 4.74 Å². The average molecular weight is 330 g/mol. The minimum Gasteiger partial charge on any atom is -0.456 e. The van der Waals surface area contributed by atoms with E-state index in [-0.39, 0.29) is 6.03 Å². The van der Waals surface area contributed by atoms with E-state index in [1.165, 1.54) is 0 Å². The fraction of sp³-hybridized carbons (Fsp3) is 0.474. The summed E-state index contributed by atoms with van der Waals surface area (Å²) in [4.78, 5) is 25.0. The van der Waals surface area contributed by atoms with Crippen molar-refractivity contribution in [2.24, 2.45) is 5.41 Å². The second-order valence-electron chi connectivity index (χ2n) is 7.98. The Morgan fingerprint density at radius 3 is 2.12 bits per heavy atom. The van der Waals surface area contributed by atoms with Gasteiger partial charge in [0.1, 0.15) is 5.60 Å². The molecule has 0 aliphatic carbocycles. The van der Waals surface area contributed by atoms with Crippen LogP contribution < -0.4 is 10.6 Å². The van der Waals surface area contributed by atoms with Crippen LogP contribution in [0.15, 0.2) is 41.6 Å². The maximum Gasteiger partial charge on any atom is 0.338 e. The Balaban J connectivity index is 2.59. The number of hydrogen-bond donors (Lipinski definition) is 2. The van der Waals surface area contributed by atoms with Gasteiger partial charge in [0.2, 0.25) is 0 Å². The molecule has 1 aliphatic rings. The van der Waals surface area contributed by atoms with E-state index in [1.807, 2.05) is 71.9 Å². The molecular formula is C19H26N2O3. The van der Waals surface area contributed by atoms with Gasteiger partial charge < -0.3 is 15.4 Å². The number of allylic oxidation sites excluding steroid dienone is 1. The first-order valence-electron chi connectivity index (χ1n) is 8.09. The zero-order chi connectivity index (χ0) is 18.1. The Morgan fingerprint density at radius 2 is 1.62 bits per heavy atom. The molecule has 1 aliphatic heterocycles. The number of esters is 1. The van der Waals surface area contributed by atoms with Crippen LogP contribution >= 0.6 is 0 Å². The van der Waals surface area contributed by atoms with Crippen LogP contribution in [0.4, 0.5) is 4.79 Å². The number of carbonyl (C=O) groups excluding carboxylic acids is 2. The highest BCUT2D eigenvalue weighted by Crippen LogP contribution is 2.36. The first-order valence-corrected chi connectivity index (χ1v) is 8.09. The number of amides is 2. The third-order valence-corrected chi connectivity index (χ3v) is 3.57. The fourth-order valence-corrected chi connectivity index (χ4v) is 2.60. The van der Waals surface area contributed by atoms with Crippen molar-refractivity contribution in [1.29, 1.82) is 0 Å². The van der Waals surface area contributed by atoms with E-state index >= 15 is 0 Å². The second-order valence-corrected chi connectivity index (χ2v) is 7.98. The number of urea groups is 1. The number of ether oxygens (including phenoxy) is 1. The topological polar surface area (TPSA) is 67.4 Å². The average Bonchev–Trinajstić information content (AvgIpc) is 2.44. The van der Waals surface area contributed by atoms with Gasteiger partial charge in [0.15, 0.2) is 0 Å². The van der Waals surface area contributed by atoms with Gasteiger partial charge in [-0.05, 0) is 26.3 Å². The highest BCUT2D eigenvalue weighted by molar-refractivity contribution is 5.95. The van der Waals surface area contributed by atoms with Crippen LogP contribution in [-0.2, 0) is 9.53 Å². The molecule has 1 aromatic rings. The predicted octanol–water partition coefficient (Wildman–Crippen LogP) is 3.68. The van der Waals surface area contributed by atoms with Gasteiger partial charge in [0, 0.05) is 11.1 Å². The van der Waals surface area contributed by atoms with Crippen LogP contribution in [-0.4, -0.2) is 17.6 Å². The molecule has 5 nitrogen and oxygen atoms in total. The number of hydrogen-bond acceptors (Lipinski definition) is 3. The molecule has 2 N–H and O–H groups in total. The van der Waals surface area contributed by atoms with E-state index in [0.717, 1.165) is 5.56 Å². The lowest BCUT2D eigenvalue weighted by Crippen LogP contribution is -2.49. The van der Waals surface area contributed by atoms with Crippen LogP contribution in [0.5, 0.6) is 0 Å². The van der Waals surface area contributed by atoms with Crippen molar-refractivity contribution < 1.29 is 14.3 Å². The van der Waals surface area contributed by atoms with Crippen molar-refractivity contribution in [3.8, 4) is 0 Å². The van der Waals surface area contributed by atoms with Crippen molar-refractivity contribution in [2.45, 2.75) is 53.2 Å². The van der Waals surface area contributed by atoms with Gasteiger partial charge in [-0.3, -0.25) is 0 Å². The SMILES string of the molecule is CC(C)(C)OC(=O)C1=C(C(C)(C)C)NC(=O)NC1c1ccccc1. The molecular weight excluding hydrogens is 304 g/mol. The lowest BCUT2D eigenvalue weighted by molar-refractivity contribution is -0.150. The Kier molecular flexibility index (Phi) is 4.74.